The maximum Gasteiger partial charge on any atom is 0.0894 e. The van der Waals surface area contributed by atoms with E-state index in [9.17, 15) is 0 Å². The summed E-state index contributed by atoms with van der Waals surface area (Å²) in [7, 11) is 0. The summed E-state index contributed by atoms with van der Waals surface area (Å²) >= 11 is 5.16. The lowest BCUT2D eigenvalue weighted by atomic mass is 10.1. The Morgan fingerprint density at radius 2 is 2.38 bits per heavy atom. The maximum absolute atomic E-state index is 5.69. The molecule has 72 valence electrons. The van der Waals surface area contributed by atoms with E-state index < -0.39 is 0 Å². The summed E-state index contributed by atoms with van der Waals surface area (Å²) in [6.07, 6.45) is 2.56. The third kappa shape index (κ3) is 2.24. The van der Waals surface area contributed by atoms with Crippen LogP contribution in [0, 0.1) is 5.41 Å². The third-order valence-electron chi connectivity index (χ3n) is 2.60. The molecule has 0 saturated heterocycles. The Kier molecular flexibility index (Phi) is 2.62. The molecule has 1 saturated carbocycles. The van der Waals surface area contributed by atoms with E-state index >= 15 is 0 Å². The second-order valence-electron chi connectivity index (χ2n) is 3.69. The number of thiophene rings is 1. The number of hydrogen-bond acceptors (Lipinski definition) is 3. The highest BCUT2D eigenvalue weighted by Crippen LogP contribution is 2.44. The topological polar surface area (TPSA) is 38.0 Å². The minimum Gasteiger partial charge on any atom is -0.376 e. The predicted molar refractivity (Wildman–Crippen MR) is 61.2 cm³/mol. The first-order valence-electron chi connectivity index (χ1n) is 4.42. The summed E-state index contributed by atoms with van der Waals surface area (Å²) in [4.78, 5) is 0. The second-order valence-corrected chi connectivity index (χ2v) is 5.51. The highest BCUT2D eigenvalue weighted by atomic mass is 79.9. The van der Waals surface area contributed by atoms with Crippen LogP contribution in [0.25, 0.3) is 0 Å². The summed E-state index contributed by atoms with van der Waals surface area (Å²) in [6.45, 7) is 1.84. The standard InChI is InChI=1S/C9H13BrN2S/c10-7-3-8(13-4-7)12-6-9(5-11)1-2-9/h3-4,12H,1-2,5-6,11H2. The van der Waals surface area contributed by atoms with Crippen molar-refractivity contribution >= 4 is 32.3 Å². The van der Waals surface area contributed by atoms with Crippen LogP contribution in [0.15, 0.2) is 15.9 Å². The molecule has 1 fully saturated rings. The number of nitrogens with one attached hydrogen (secondary N) is 1. The molecule has 0 unspecified atom stereocenters. The fourth-order valence-electron chi connectivity index (χ4n) is 1.31. The van der Waals surface area contributed by atoms with Gasteiger partial charge in [0.1, 0.15) is 0 Å². The fourth-order valence-corrected chi connectivity index (χ4v) is 2.63. The Morgan fingerprint density at radius 1 is 1.62 bits per heavy atom. The van der Waals surface area contributed by atoms with Gasteiger partial charge in [-0.15, -0.1) is 11.3 Å². The van der Waals surface area contributed by atoms with Crippen LogP contribution in [0.1, 0.15) is 12.8 Å². The van der Waals surface area contributed by atoms with E-state index in [1.165, 1.54) is 17.8 Å². The second kappa shape index (κ2) is 3.59. The third-order valence-corrected chi connectivity index (χ3v) is 4.24. The molecule has 0 amide bonds. The number of hydrogen-bond donors (Lipinski definition) is 2. The normalized spacial score (nSPS) is 18.6. The van der Waals surface area contributed by atoms with Gasteiger partial charge in [0.15, 0.2) is 0 Å². The molecular formula is C9H13BrN2S. The van der Waals surface area contributed by atoms with Gasteiger partial charge in [-0.2, -0.15) is 0 Å². The van der Waals surface area contributed by atoms with Crippen molar-refractivity contribution in [1.29, 1.82) is 0 Å². The summed E-state index contributed by atoms with van der Waals surface area (Å²) < 4.78 is 1.15. The van der Waals surface area contributed by atoms with E-state index in [0.717, 1.165) is 17.6 Å². The average Bonchev–Trinajstić information content (AvgIpc) is 2.81. The first-order chi connectivity index (χ1) is 6.24. The van der Waals surface area contributed by atoms with Gasteiger partial charge in [0.05, 0.1) is 5.00 Å². The van der Waals surface area contributed by atoms with Crippen molar-refractivity contribution in [3.05, 3.63) is 15.9 Å². The van der Waals surface area contributed by atoms with Crippen molar-refractivity contribution in [1.82, 2.24) is 0 Å². The highest BCUT2D eigenvalue weighted by Gasteiger charge is 2.40. The molecule has 1 aliphatic carbocycles. The van der Waals surface area contributed by atoms with Gasteiger partial charge in [-0.25, -0.2) is 0 Å². The molecule has 3 N–H and O–H groups in total. The lowest BCUT2D eigenvalue weighted by Gasteiger charge is -2.12. The number of anilines is 1. The minimum absolute atomic E-state index is 0.413. The van der Waals surface area contributed by atoms with Crippen molar-refractivity contribution in [3.63, 3.8) is 0 Å². The molecule has 2 nitrogen and oxygen atoms in total. The molecular weight excluding hydrogens is 248 g/mol. The van der Waals surface area contributed by atoms with Crippen LogP contribution in [0.4, 0.5) is 5.00 Å². The van der Waals surface area contributed by atoms with E-state index in [-0.39, 0.29) is 0 Å². The van der Waals surface area contributed by atoms with Crippen molar-refractivity contribution in [2.75, 3.05) is 18.4 Å². The first kappa shape index (κ1) is 9.49. The fraction of sp³-hybridized carbons (Fsp3) is 0.556. The van der Waals surface area contributed by atoms with Gasteiger partial charge in [0.25, 0.3) is 0 Å². The lowest BCUT2D eigenvalue weighted by Crippen LogP contribution is -2.23. The van der Waals surface area contributed by atoms with Gasteiger partial charge >= 0.3 is 0 Å². The zero-order chi connectivity index (χ0) is 9.31. The molecule has 1 aliphatic rings. The molecule has 1 aromatic heterocycles. The zero-order valence-corrected chi connectivity index (χ0v) is 9.75. The molecule has 1 aromatic rings. The van der Waals surface area contributed by atoms with Crippen LogP contribution in [-0.4, -0.2) is 13.1 Å². The molecule has 0 aromatic carbocycles. The van der Waals surface area contributed by atoms with E-state index in [2.05, 4.69) is 32.7 Å². The number of rotatable bonds is 4. The minimum atomic E-state index is 0.413. The molecule has 13 heavy (non-hydrogen) atoms. The van der Waals surface area contributed by atoms with E-state index in [0.29, 0.717) is 5.41 Å². The van der Waals surface area contributed by atoms with E-state index in [1.54, 1.807) is 11.3 Å². The van der Waals surface area contributed by atoms with E-state index in [1.807, 2.05) is 0 Å². The molecule has 0 bridgehead atoms. The zero-order valence-electron chi connectivity index (χ0n) is 7.35. The summed E-state index contributed by atoms with van der Waals surface area (Å²) in [5, 5.41) is 6.74. The summed E-state index contributed by atoms with van der Waals surface area (Å²) in [6, 6.07) is 2.11. The van der Waals surface area contributed by atoms with Gasteiger partial charge in [-0.3, -0.25) is 0 Å². The Bertz CT molecular complexity index is 294. The van der Waals surface area contributed by atoms with Gasteiger partial charge in [0, 0.05) is 16.4 Å². The molecule has 4 heteroatoms. The van der Waals surface area contributed by atoms with Crippen LogP contribution in [-0.2, 0) is 0 Å². The Morgan fingerprint density at radius 3 is 2.85 bits per heavy atom. The van der Waals surface area contributed by atoms with Crippen molar-refractivity contribution < 1.29 is 0 Å². The molecule has 2 rings (SSSR count). The first-order valence-corrected chi connectivity index (χ1v) is 6.09. The molecule has 0 radical (unpaired) electrons. The molecule has 0 atom stereocenters. The lowest BCUT2D eigenvalue weighted by molar-refractivity contribution is 0.556. The van der Waals surface area contributed by atoms with Crippen LogP contribution in [0.5, 0.6) is 0 Å². The smallest absolute Gasteiger partial charge is 0.0894 e. The predicted octanol–water partition coefficient (Wildman–Crippen LogP) is 2.66. The van der Waals surface area contributed by atoms with Gasteiger partial charge in [-0.1, -0.05) is 0 Å². The SMILES string of the molecule is NCC1(CNc2cc(Br)cs2)CC1. The van der Waals surface area contributed by atoms with Crippen molar-refractivity contribution in [2.24, 2.45) is 11.1 Å². The van der Waals surface area contributed by atoms with Crippen molar-refractivity contribution in [3.8, 4) is 0 Å². The van der Waals surface area contributed by atoms with Crippen LogP contribution < -0.4 is 11.1 Å². The maximum atomic E-state index is 5.69. The average molecular weight is 261 g/mol. The van der Waals surface area contributed by atoms with E-state index in [4.69, 9.17) is 5.73 Å². The van der Waals surface area contributed by atoms with Crippen LogP contribution in [0.3, 0.4) is 0 Å². The van der Waals surface area contributed by atoms with Gasteiger partial charge in [-0.05, 0) is 46.8 Å². The summed E-state index contributed by atoms with van der Waals surface area (Å²) in [5.41, 5.74) is 6.11. The summed E-state index contributed by atoms with van der Waals surface area (Å²) in [5.74, 6) is 0. The highest BCUT2D eigenvalue weighted by molar-refractivity contribution is 9.10. The Labute approximate surface area is 90.6 Å². The van der Waals surface area contributed by atoms with Crippen LogP contribution in [0.2, 0.25) is 0 Å². The van der Waals surface area contributed by atoms with Gasteiger partial charge < -0.3 is 11.1 Å². The number of halogens is 1. The quantitative estimate of drug-likeness (QED) is 0.874. The molecule has 1 heterocycles. The molecule has 0 spiro atoms. The van der Waals surface area contributed by atoms with Crippen molar-refractivity contribution in [2.45, 2.75) is 12.8 Å². The van der Waals surface area contributed by atoms with Crippen LogP contribution >= 0.6 is 27.3 Å². The Balaban J connectivity index is 1.86. The monoisotopic (exact) mass is 260 g/mol. The number of nitrogens with two attached hydrogens (primary N) is 1. The largest absolute Gasteiger partial charge is 0.376 e. The molecule has 0 aliphatic heterocycles. The van der Waals surface area contributed by atoms with Gasteiger partial charge in [0.2, 0.25) is 0 Å². The Hall–Kier alpha value is -0.0600.